The summed E-state index contributed by atoms with van der Waals surface area (Å²) in [7, 11) is 0. The Labute approximate surface area is 81.8 Å². The first-order valence-corrected chi connectivity index (χ1v) is 4.31. The average Bonchev–Trinajstić information content (AvgIpc) is 2.09. The zero-order chi connectivity index (χ0) is 10.7. The van der Waals surface area contributed by atoms with E-state index in [1.54, 1.807) is 0 Å². The molecule has 1 aliphatic heterocycles. The molecule has 0 aromatic carbocycles. The van der Waals surface area contributed by atoms with E-state index in [0.717, 1.165) is 0 Å². The van der Waals surface area contributed by atoms with E-state index in [9.17, 15) is 14.4 Å². The van der Waals surface area contributed by atoms with Gasteiger partial charge in [-0.15, -0.1) is 0 Å². The molecule has 1 atom stereocenters. The molecule has 1 aliphatic rings. The van der Waals surface area contributed by atoms with Gasteiger partial charge >= 0.3 is 0 Å². The Morgan fingerprint density at radius 3 is 2.71 bits per heavy atom. The number of rotatable bonds is 2. The first kappa shape index (κ1) is 10.4. The summed E-state index contributed by atoms with van der Waals surface area (Å²) in [6.07, 6.45) is 1.92. The van der Waals surface area contributed by atoms with E-state index in [1.165, 1.54) is 18.0 Å². The van der Waals surface area contributed by atoms with E-state index < -0.39 is 11.9 Å². The smallest absolute Gasteiger partial charge is 0.249 e. The molecule has 14 heavy (non-hydrogen) atoms. The maximum atomic E-state index is 11.3. The van der Waals surface area contributed by atoms with Crippen molar-refractivity contribution in [2.75, 3.05) is 0 Å². The third kappa shape index (κ3) is 1.99. The van der Waals surface area contributed by atoms with Crippen LogP contribution in [0.2, 0.25) is 0 Å². The molecule has 76 valence electrons. The van der Waals surface area contributed by atoms with E-state index in [2.05, 4.69) is 11.9 Å². The summed E-state index contributed by atoms with van der Waals surface area (Å²) >= 11 is 0. The quantitative estimate of drug-likeness (QED) is 0.621. The fraction of sp³-hybridized carbons (Fsp3) is 0.444. The van der Waals surface area contributed by atoms with Gasteiger partial charge in [0.15, 0.2) is 0 Å². The number of hydrogen-bond donors (Lipinski definition) is 1. The van der Waals surface area contributed by atoms with E-state index >= 15 is 0 Å². The lowest BCUT2D eigenvalue weighted by Crippen LogP contribution is -2.51. The second-order valence-electron chi connectivity index (χ2n) is 3.08. The van der Waals surface area contributed by atoms with Crippen molar-refractivity contribution in [2.45, 2.75) is 25.8 Å². The lowest BCUT2D eigenvalue weighted by atomic mass is 10.0. The minimum atomic E-state index is -0.595. The van der Waals surface area contributed by atoms with Gasteiger partial charge in [0.1, 0.15) is 6.04 Å². The van der Waals surface area contributed by atoms with Gasteiger partial charge in [0.2, 0.25) is 17.7 Å². The fourth-order valence-electron chi connectivity index (χ4n) is 1.42. The molecule has 0 aromatic heterocycles. The molecular formula is C9H12N2O3. The standard InChI is InChI=1S/C9H12N2O3/c1-3-11(6(2)12)7-4-5-8(13)10-9(7)14/h3,7H,1,4-5H2,2H3,(H,10,13,14). The molecule has 1 heterocycles. The molecule has 0 aliphatic carbocycles. The van der Waals surface area contributed by atoms with Crippen molar-refractivity contribution in [3.05, 3.63) is 12.8 Å². The normalized spacial score (nSPS) is 21.4. The third-order valence-corrected chi connectivity index (χ3v) is 2.11. The third-order valence-electron chi connectivity index (χ3n) is 2.11. The molecule has 1 rings (SSSR count). The average molecular weight is 196 g/mol. The Bertz CT molecular complexity index is 298. The second kappa shape index (κ2) is 4.04. The van der Waals surface area contributed by atoms with Gasteiger partial charge in [0.05, 0.1) is 0 Å². The molecule has 1 saturated heterocycles. The van der Waals surface area contributed by atoms with Crippen LogP contribution in [-0.2, 0) is 14.4 Å². The molecule has 5 nitrogen and oxygen atoms in total. The molecule has 5 heteroatoms. The SMILES string of the molecule is C=CN(C(C)=O)C1CCC(=O)NC1=O. The van der Waals surface area contributed by atoms with Crippen molar-refractivity contribution in [2.24, 2.45) is 0 Å². The van der Waals surface area contributed by atoms with Crippen molar-refractivity contribution in [3.8, 4) is 0 Å². The number of carbonyl (C=O) groups is 3. The molecule has 0 bridgehead atoms. The highest BCUT2D eigenvalue weighted by molar-refractivity contribution is 6.01. The van der Waals surface area contributed by atoms with Crippen LogP contribution in [0.4, 0.5) is 0 Å². The Balaban J connectivity index is 2.76. The van der Waals surface area contributed by atoms with Crippen LogP contribution in [-0.4, -0.2) is 28.7 Å². The van der Waals surface area contributed by atoms with Crippen LogP contribution >= 0.6 is 0 Å². The van der Waals surface area contributed by atoms with E-state index in [1.807, 2.05) is 0 Å². The molecular weight excluding hydrogens is 184 g/mol. The fourth-order valence-corrected chi connectivity index (χ4v) is 1.42. The predicted octanol–water partition coefficient (Wildman–Crippen LogP) is -0.216. The zero-order valence-corrected chi connectivity index (χ0v) is 7.95. The largest absolute Gasteiger partial charge is 0.307 e. The Morgan fingerprint density at radius 1 is 1.64 bits per heavy atom. The number of amides is 3. The van der Waals surface area contributed by atoms with Crippen LogP contribution < -0.4 is 5.32 Å². The Hall–Kier alpha value is -1.65. The van der Waals surface area contributed by atoms with Crippen LogP contribution in [0.25, 0.3) is 0 Å². The van der Waals surface area contributed by atoms with Crippen LogP contribution in [0.3, 0.4) is 0 Å². The minimum absolute atomic E-state index is 0.255. The highest BCUT2D eigenvalue weighted by Crippen LogP contribution is 2.12. The van der Waals surface area contributed by atoms with Crippen molar-refractivity contribution in [1.82, 2.24) is 10.2 Å². The maximum Gasteiger partial charge on any atom is 0.249 e. The van der Waals surface area contributed by atoms with Gasteiger partial charge < -0.3 is 4.90 Å². The summed E-state index contributed by atoms with van der Waals surface area (Å²) < 4.78 is 0. The molecule has 1 fully saturated rings. The second-order valence-corrected chi connectivity index (χ2v) is 3.08. The highest BCUT2D eigenvalue weighted by Gasteiger charge is 2.31. The van der Waals surface area contributed by atoms with Gasteiger partial charge in [-0.2, -0.15) is 0 Å². The van der Waals surface area contributed by atoms with Crippen molar-refractivity contribution >= 4 is 17.7 Å². The topological polar surface area (TPSA) is 66.5 Å². The summed E-state index contributed by atoms with van der Waals surface area (Å²) in [5, 5.41) is 2.18. The van der Waals surface area contributed by atoms with Gasteiger partial charge in [-0.25, -0.2) is 0 Å². The Kier molecular flexibility index (Phi) is 3.01. The maximum absolute atomic E-state index is 11.3. The summed E-state index contributed by atoms with van der Waals surface area (Å²) in [6.45, 7) is 4.80. The summed E-state index contributed by atoms with van der Waals surface area (Å²) in [5.74, 6) is -0.982. The summed E-state index contributed by atoms with van der Waals surface area (Å²) in [4.78, 5) is 34.5. The number of imide groups is 1. The molecule has 0 aromatic rings. The molecule has 1 N–H and O–H groups in total. The van der Waals surface area contributed by atoms with Crippen molar-refractivity contribution in [1.29, 1.82) is 0 Å². The first-order valence-electron chi connectivity index (χ1n) is 4.31. The van der Waals surface area contributed by atoms with Crippen LogP contribution in [0.1, 0.15) is 19.8 Å². The minimum Gasteiger partial charge on any atom is -0.307 e. The number of piperidine rings is 1. The van der Waals surface area contributed by atoms with Gasteiger partial charge in [-0.3, -0.25) is 19.7 Å². The van der Waals surface area contributed by atoms with Gasteiger partial charge in [0, 0.05) is 19.5 Å². The van der Waals surface area contributed by atoms with Crippen molar-refractivity contribution in [3.63, 3.8) is 0 Å². The number of nitrogens with one attached hydrogen (secondary N) is 1. The van der Waals surface area contributed by atoms with E-state index in [4.69, 9.17) is 0 Å². The Morgan fingerprint density at radius 2 is 2.29 bits per heavy atom. The van der Waals surface area contributed by atoms with E-state index in [-0.39, 0.29) is 18.2 Å². The summed E-state index contributed by atoms with van der Waals surface area (Å²) in [6, 6.07) is -0.595. The number of carbonyl (C=O) groups excluding carboxylic acids is 3. The number of nitrogens with zero attached hydrogens (tertiary/aromatic N) is 1. The molecule has 0 radical (unpaired) electrons. The van der Waals surface area contributed by atoms with Crippen LogP contribution in [0, 0.1) is 0 Å². The molecule has 3 amide bonds. The zero-order valence-electron chi connectivity index (χ0n) is 7.95. The lowest BCUT2D eigenvalue weighted by Gasteiger charge is -2.29. The van der Waals surface area contributed by atoms with Gasteiger partial charge in [-0.1, -0.05) is 6.58 Å². The predicted molar refractivity (Wildman–Crippen MR) is 48.9 cm³/mol. The van der Waals surface area contributed by atoms with Gasteiger partial charge in [-0.05, 0) is 6.42 Å². The molecule has 0 saturated carbocycles. The number of hydrogen-bond acceptors (Lipinski definition) is 3. The lowest BCUT2D eigenvalue weighted by molar-refractivity contribution is -0.142. The van der Waals surface area contributed by atoms with Crippen molar-refractivity contribution < 1.29 is 14.4 Å². The van der Waals surface area contributed by atoms with Crippen LogP contribution in [0.5, 0.6) is 0 Å². The van der Waals surface area contributed by atoms with Gasteiger partial charge in [0.25, 0.3) is 0 Å². The monoisotopic (exact) mass is 196 g/mol. The summed E-state index contributed by atoms with van der Waals surface area (Å²) in [5.41, 5.74) is 0. The van der Waals surface area contributed by atoms with E-state index in [0.29, 0.717) is 6.42 Å². The molecule has 0 spiro atoms. The molecule has 1 unspecified atom stereocenters. The highest BCUT2D eigenvalue weighted by atomic mass is 16.2. The van der Waals surface area contributed by atoms with Crippen LogP contribution in [0.15, 0.2) is 12.8 Å². The first-order chi connectivity index (χ1) is 6.56.